The highest BCUT2D eigenvalue weighted by molar-refractivity contribution is 5.88. The van der Waals surface area contributed by atoms with Crippen LogP contribution in [-0.2, 0) is 9.59 Å². The van der Waals surface area contributed by atoms with E-state index in [4.69, 9.17) is 10.8 Å². The number of carboxylic acid groups (broad SMARTS) is 1. The molecule has 106 valence electrons. The summed E-state index contributed by atoms with van der Waals surface area (Å²) in [5, 5.41) is 9.05. The van der Waals surface area contributed by atoms with Crippen LogP contribution in [0.25, 0.3) is 0 Å². The van der Waals surface area contributed by atoms with Crippen LogP contribution in [0.5, 0.6) is 0 Å². The van der Waals surface area contributed by atoms with Gasteiger partial charge in [-0.3, -0.25) is 4.79 Å². The first-order chi connectivity index (χ1) is 9.09. The van der Waals surface area contributed by atoms with Crippen molar-refractivity contribution in [3.8, 4) is 0 Å². The Balaban J connectivity index is 1.89. The van der Waals surface area contributed by atoms with Gasteiger partial charge in [-0.1, -0.05) is 44.3 Å². The van der Waals surface area contributed by atoms with Gasteiger partial charge in [-0.2, -0.15) is 0 Å². The molecule has 0 aromatic heterocycles. The first-order valence-electron chi connectivity index (χ1n) is 7.05. The highest BCUT2D eigenvalue weighted by Crippen LogP contribution is 2.27. The van der Waals surface area contributed by atoms with Crippen molar-refractivity contribution < 1.29 is 14.7 Å². The SMILES string of the molecule is N[C@H](CC1CCCCC1)C(=O)N1CC=C[C@H]1C(=O)O. The molecular formula is C14H22N2O3. The monoisotopic (exact) mass is 266 g/mol. The summed E-state index contributed by atoms with van der Waals surface area (Å²) in [7, 11) is 0. The third-order valence-corrected chi connectivity index (χ3v) is 4.12. The van der Waals surface area contributed by atoms with E-state index in [0.29, 0.717) is 18.9 Å². The van der Waals surface area contributed by atoms with Gasteiger partial charge in [-0.05, 0) is 12.3 Å². The van der Waals surface area contributed by atoms with E-state index < -0.39 is 18.1 Å². The summed E-state index contributed by atoms with van der Waals surface area (Å²) in [5.74, 6) is -0.707. The minimum absolute atomic E-state index is 0.233. The Hall–Kier alpha value is -1.36. The Morgan fingerprint density at radius 1 is 1.32 bits per heavy atom. The summed E-state index contributed by atoms with van der Waals surface area (Å²) in [6.07, 6.45) is 9.93. The molecule has 1 aliphatic heterocycles. The molecule has 0 aromatic carbocycles. The molecule has 1 heterocycles. The Labute approximate surface area is 113 Å². The number of carbonyl (C=O) groups excluding carboxylic acids is 1. The number of nitrogens with zero attached hydrogens (tertiary/aromatic N) is 1. The second kappa shape index (κ2) is 6.19. The van der Waals surface area contributed by atoms with E-state index in [1.165, 1.54) is 24.2 Å². The molecule has 2 rings (SSSR count). The van der Waals surface area contributed by atoms with Gasteiger partial charge in [-0.25, -0.2) is 4.79 Å². The van der Waals surface area contributed by atoms with E-state index in [2.05, 4.69) is 0 Å². The summed E-state index contributed by atoms with van der Waals surface area (Å²) in [5.41, 5.74) is 5.98. The van der Waals surface area contributed by atoms with Crippen LogP contribution in [0.3, 0.4) is 0 Å². The zero-order valence-electron chi connectivity index (χ0n) is 11.1. The first-order valence-corrected chi connectivity index (χ1v) is 7.05. The van der Waals surface area contributed by atoms with Crippen molar-refractivity contribution in [2.24, 2.45) is 11.7 Å². The average Bonchev–Trinajstić information content (AvgIpc) is 2.88. The van der Waals surface area contributed by atoms with Gasteiger partial charge in [0.05, 0.1) is 6.04 Å². The molecule has 5 heteroatoms. The second-order valence-electron chi connectivity index (χ2n) is 5.55. The second-order valence-corrected chi connectivity index (χ2v) is 5.55. The average molecular weight is 266 g/mol. The smallest absolute Gasteiger partial charge is 0.330 e. The van der Waals surface area contributed by atoms with E-state index in [1.807, 2.05) is 0 Å². The molecule has 0 spiro atoms. The molecule has 3 N–H and O–H groups in total. The Morgan fingerprint density at radius 3 is 2.63 bits per heavy atom. The van der Waals surface area contributed by atoms with E-state index in [9.17, 15) is 9.59 Å². The summed E-state index contributed by atoms with van der Waals surface area (Å²) < 4.78 is 0. The van der Waals surface area contributed by atoms with Gasteiger partial charge < -0.3 is 15.7 Å². The zero-order valence-corrected chi connectivity index (χ0v) is 11.1. The highest BCUT2D eigenvalue weighted by Gasteiger charge is 2.33. The molecule has 2 aliphatic rings. The van der Waals surface area contributed by atoms with Crippen LogP contribution < -0.4 is 5.73 Å². The first kappa shape index (κ1) is 14.1. The fourth-order valence-electron chi connectivity index (χ4n) is 3.06. The largest absolute Gasteiger partial charge is 0.479 e. The van der Waals surface area contributed by atoms with Crippen molar-refractivity contribution >= 4 is 11.9 Å². The lowest BCUT2D eigenvalue weighted by Crippen LogP contribution is -2.49. The number of carboxylic acids is 1. The number of amides is 1. The molecule has 0 radical (unpaired) electrons. The fraction of sp³-hybridized carbons (Fsp3) is 0.714. The van der Waals surface area contributed by atoms with Gasteiger partial charge in [-0.15, -0.1) is 0 Å². The van der Waals surface area contributed by atoms with Crippen LogP contribution >= 0.6 is 0 Å². The maximum Gasteiger partial charge on any atom is 0.330 e. The van der Waals surface area contributed by atoms with Gasteiger partial charge >= 0.3 is 5.97 Å². The number of hydrogen-bond acceptors (Lipinski definition) is 3. The zero-order chi connectivity index (χ0) is 13.8. The molecule has 1 fully saturated rings. The van der Waals surface area contributed by atoms with Crippen molar-refractivity contribution in [2.45, 2.75) is 50.6 Å². The maximum absolute atomic E-state index is 12.2. The molecule has 1 saturated carbocycles. The number of aliphatic carboxylic acids is 1. The minimum Gasteiger partial charge on any atom is -0.479 e. The van der Waals surface area contributed by atoms with Gasteiger partial charge in [0.25, 0.3) is 0 Å². The predicted octanol–water partition coefficient (Wildman–Crippen LogP) is 1.14. The Kier molecular flexibility index (Phi) is 4.58. The third-order valence-electron chi connectivity index (χ3n) is 4.12. The van der Waals surface area contributed by atoms with Crippen molar-refractivity contribution in [3.63, 3.8) is 0 Å². The summed E-state index contributed by atoms with van der Waals surface area (Å²) in [4.78, 5) is 24.6. The lowest BCUT2D eigenvalue weighted by Gasteiger charge is -2.28. The van der Waals surface area contributed by atoms with Crippen LogP contribution in [0.1, 0.15) is 38.5 Å². The molecule has 1 aliphatic carbocycles. The lowest BCUT2D eigenvalue weighted by atomic mass is 9.84. The van der Waals surface area contributed by atoms with Crippen LogP contribution in [0.4, 0.5) is 0 Å². The van der Waals surface area contributed by atoms with Crippen molar-refractivity contribution in [2.75, 3.05) is 6.54 Å². The fourth-order valence-corrected chi connectivity index (χ4v) is 3.06. The third kappa shape index (κ3) is 3.35. The van der Waals surface area contributed by atoms with Crippen LogP contribution in [0, 0.1) is 5.92 Å². The standard InChI is InChI=1S/C14H22N2O3/c15-11(9-10-5-2-1-3-6-10)13(17)16-8-4-7-12(16)14(18)19/h4,7,10-12H,1-3,5-6,8-9,15H2,(H,18,19)/t11-,12+/m1/s1. The summed E-state index contributed by atoms with van der Waals surface area (Å²) in [6, 6.07) is -1.41. The van der Waals surface area contributed by atoms with Crippen LogP contribution in [-0.4, -0.2) is 40.5 Å². The molecular weight excluding hydrogens is 244 g/mol. The van der Waals surface area contributed by atoms with Gasteiger partial charge in [0.1, 0.15) is 6.04 Å². The van der Waals surface area contributed by atoms with E-state index in [-0.39, 0.29) is 5.91 Å². The van der Waals surface area contributed by atoms with Gasteiger partial charge in [0.2, 0.25) is 5.91 Å². The number of rotatable bonds is 4. The molecule has 19 heavy (non-hydrogen) atoms. The molecule has 2 atom stereocenters. The molecule has 0 bridgehead atoms. The van der Waals surface area contributed by atoms with Gasteiger partial charge in [0.15, 0.2) is 0 Å². The van der Waals surface area contributed by atoms with Crippen LogP contribution in [0.15, 0.2) is 12.2 Å². The molecule has 1 amide bonds. The topological polar surface area (TPSA) is 83.6 Å². The van der Waals surface area contributed by atoms with Crippen molar-refractivity contribution in [1.29, 1.82) is 0 Å². The molecule has 0 saturated heterocycles. The lowest BCUT2D eigenvalue weighted by molar-refractivity contribution is -0.147. The summed E-state index contributed by atoms with van der Waals surface area (Å²) >= 11 is 0. The number of carbonyl (C=O) groups is 2. The molecule has 0 unspecified atom stereocenters. The van der Waals surface area contributed by atoms with Crippen molar-refractivity contribution in [3.05, 3.63) is 12.2 Å². The maximum atomic E-state index is 12.2. The van der Waals surface area contributed by atoms with E-state index in [0.717, 1.165) is 12.8 Å². The minimum atomic E-state index is -0.994. The molecule has 5 nitrogen and oxygen atoms in total. The Morgan fingerprint density at radius 2 is 2.00 bits per heavy atom. The highest BCUT2D eigenvalue weighted by atomic mass is 16.4. The van der Waals surface area contributed by atoms with Crippen molar-refractivity contribution in [1.82, 2.24) is 4.90 Å². The molecule has 0 aromatic rings. The van der Waals surface area contributed by atoms with Gasteiger partial charge in [0, 0.05) is 6.54 Å². The Bertz CT molecular complexity index is 375. The normalized spacial score (nSPS) is 25.5. The summed E-state index contributed by atoms with van der Waals surface area (Å²) in [6.45, 7) is 0.355. The number of hydrogen-bond donors (Lipinski definition) is 2. The predicted molar refractivity (Wildman–Crippen MR) is 71.4 cm³/mol. The van der Waals surface area contributed by atoms with Crippen LogP contribution in [0.2, 0.25) is 0 Å². The van der Waals surface area contributed by atoms with E-state index >= 15 is 0 Å². The number of nitrogens with two attached hydrogens (primary N) is 1. The van der Waals surface area contributed by atoms with E-state index in [1.54, 1.807) is 12.2 Å². The quantitative estimate of drug-likeness (QED) is 0.747.